The maximum atomic E-state index is 13.3. The Kier molecular flexibility index (Phi) is 8.84. The third-order valence-electron chi connectivity index (χ3n) is 4.80. The summed E-state index contributed by atoms with van der Waals surface area (Å²) in [6.45, 7) is 6.57. The molecular weight excluding hydrogens is 367 g/mol. The SMILES string of the molecule is CCCCCNC(=O)C(c1ccccc1)N(Cc1ccc(F)cc1)C(=O)C(C)C. The summed E-state index contributed by atoms with van der Waals surface area (Å²) in [5.74, 6) is -0.909. The summed E-state index contributed by atoms with van der Waals surface area (Å²) in [6, 6.07) is 14.6. The van der Waals surface area contributed by atoms with Crippen molar-refractivity contribution in [2.75, 3.05) is 6.54 Å². The first kappa shape index (κ1) is 22.6. The zero-order chi connectivity index (χ0) is 21.2. The number of carbonyl (C=O) groups is 2. The molecule has 0 aromatic heterocycles. The highest BCUT2D eigenvalue weighted by Crippen LogP contribution is 2.25. The van der Waals surface area contributed by atoms with Gasteiger partial charge in [0, 0.05) is 19.0 Å². The second kappa shape index (κ2) is 11.3. The van der Waals surface area contributed by atoms with Gasteiger partial charge in [-0.3, -0.25) is 9.59 Å². The van der Waals surface area contributed by atoms with Crippen molar-refractivity contribution in [2.45, 2.75) is 52.6 Å². The van der Waals surface area contributed by atoms with Crippen molar-refractivity contribution in [3.8, 4) is 0 Å². The lowest BCUT2D eigenvalue weighted by Crippen LogP contribution is -2.45. The van der Waals surface area contributed by atoms with E-state index in [2.05, 4.69) is 12.2 Å². The fraction of sp³-hybridized carbons (Fsp3) is 0.417. The van der Waals surface area contributed by atoms with Crippen molar-refractivity contribution >= 4 is 11.8 Å². The fourth-order valence-electron chi connectivity index (χ4n) is 3.21. The third kappa shape index (κ3) is 6.70. The van der Waals surface area contributed by atoms with Gasteiger partial charge in [-0.25, -0.2) is 4.39 Å². The Morgan fingerprint density at radius 1 is 1.00 bits per heavy atom. The van der Waals surface area contributed by atoms with Gasteiger partial charge in [0.15, 0.2) is 0 Å². The van der Waals surface area contributed by atoms with Crippen LogP contribution in [0.25, 0.3) is 0 Å². The Bertz CT molecular complexity index is 775. The van der Waals surface area contributed by atoms with Gasteiger partial charge >= 0.3 is 0 Å². The average molecular weight is 399 g/mol. The van der Waals surface area contributed by atoms with Crippen molar-refractivity contribution in [3.63, 3.8) is 0 Å². The summed E-state index contributed by atoms with van der Waals surface area (Å²) in [5, 5.41) is 2.99. The normalized spacial score (nSPS) is 11.9. The zero-order valence-electron chi connectivity index (χ0n) is 17.5. The van der Waals surface area contributed by atoms with Crippen LogP contribution in [0.15, 0.2) is 54.6 Å². The third-order valence-corrected chi connectivity index (χ3v) is 4.80. The number of amides is 2. The van der Waals surface area contributed by atoms with Gasteiger partial charge in [0.1, 0.15) is 11.9 Å². The van der Waals surface area contributed by atoms with E-state index in [1.165, 1.54) is 12.1 Å². The van der Waals surface area contributed by atoms with Crippen LogP contribution in [0.5, 0.6) is 0 Å². The number of hydrogen-bond donors (Lipinski definition) is 1. The molecule has 0 saturated carbocycles. The number of halogens is 1. The Labute approximate surface area is 173 Å². The van der Waals surface area contributed by atoms with E-state index in [0.29, 0.717) is 6.54 Å². The van der Waals surface area contributed by atoms with Crippen molar-refractivity contribution in [2.24, 2.45) is 5.92 Å². The van der Waals surface area contributed by atoms with Crippen LogP contribution >= 0.6 is 0 Å². The van der Waals surface area contributed by atoms with E-state index in [4.69, 9.17) is 0 Å². The topological polar surface area (TPSA) is 49.4 Å². The molecule has 0 aliphatic rings. The molecule has 1 N–H and O–H groups in total. The highest BCUT2D eigenvalue weighted by atomic mass is 19.1. The lowest BCUT2D eigenvalue weighted by Gasteiger charge is -2.33. The molecule has 1 unspecified atom stereocenters. The molecule has 156 valence electrons. The minimum absolute atomic E-state index is 0.119. The predicted octanol–water partition coefficient (Wildman–Crippen LogP) is 4.86. The highest BCUT2D eigenvalue weighted by molar-refractivity contribution is 5.89. The molecule has 1 atom stereocenters. The Morgan fingerprint density at radius 2 is 1.66 bits per heavy atom. The van der Waals surface area contributed by atoms with Gasteiger partial charge in [-0.2, -0.15) is 0 Å². The lowest BCUT2D eigenvalue weighted by atomic mass is 10.0. The average Bonchev–Trinajstić information content (AvgIpc) is 2.72. The summed E-state index contributed by atoms with van der Waals surface area (Å²) in [6.07, 6.45) is 3.01. The van der Waals surface area contributed by atoms with Crippen molar-refractivity contribution in [1.29, 1.82) is 0 Å². The van der Waals surface area contributed by atoms with E-state index >= 15 is 0 Å². The van der Waals surface area contributed by atoms with Crippen LogP contribution in [-0.4, -0.2) is 23.3 Å². The van der Waals surface area contributed by atoms with Gasteiger partial charge in [-0.05, 0) is 29.7 Å². The summed E-state index contributed by atoms with van der Waals surface area (Å²) in [4.78, 5) is 27.8. The van der Waals surface area contributed by atoms with E-state index in [9.17, 15) is 14.0 Å². The molecule has 5 heteroatoms. The molecular formula is C24H31FN2O2. The Balaban J connectivity index is 2.35. The molecule has 0 fully saturated rings. The van der Waals surface area contributed by atoms with E-state index in [0.717, 1.165) is 30.4 Å². The van der Waals surface area contributed by atoms with Crippen LogP contribution in [0.2, 0.25) is 0 Å². The number of benzene rings is 2. The molecule has 0 aliphatic carbocycles. The minimum atomic E-state index is -0.738. The van der Waals surface area contributed by atoms with E-state index in [1.54, 1.807) is 17.0 Å². The molecule has 2 aromatic carbocycles. The molecule has 4 nitrogen and oxygen atoms in total. The number of carbonyl (C=O) groups excluding carboxylic acids is 2. The van der Waals surface area contributed by atoms with Crippen LogP contribution in [0.4, 0.5) is 4.39 Å². The smallest absolute Gasteiger partial charge is 0.247 e. The van der Waals surface area contributed by atoms with Crippen molar-refractivity contribution in [3.05, 3.63) is 71.5 Å². The zero-order valence-corrected chi connectivity index (χ0v) is 17.5. The van der Waals surface area contributed by atoms with E-state index in [-0.39, 0.29) is 30.1 Å². The summed E-state index contributed by atoms with van der Waals surface area (Å²) in [7, 11) is 0. The van der Waals surface area contributed by atoms with Gasteiger partial charge in [-0.1, -0.05) is 76.1 Å². The van der Waals surface area contributed by atoms with E-state index < -0.39 is 6.04 Å². The number of hydrogen-bond acceptors (Lipinski definition) is 2. The first-order valence-corrected chi connectivity index (χ1v) is 10.3. The highest BCUT2D eigenvalue weighted by Gasteiger charge is 2.32. The Hall–Kier alpha value is -2.69. The summed E-state index contributed by atoms with van der Waals surface area (Å²) < 4.78 is 13.3. The van der Waals surface area contributed by atoms with Gasteiger partial charge in [0.2, 0.25) is 11.8 Å². The first-order chi connectivity index (χ1) is 13.9. The van der Waals surface area contributed by atoms with Crippen molar-refractivity contribution < 1.29 is 14.0 Å². The lowest BCUT2D eigenvalue weighted by molar-refractivity contribution is -0.144. The molecule has 0 saturated heterocycles. The largest absolute Gasteiger partial charge is 0.354 e. The van der Waals surface area contributed by atoms with Crippen LogP contribution < -0.4 is 5.32 Å². The molecule has 2 rings (SSSR count). The molecule has 29 heavy (non-hydrogen) atoms. The number of nitrogens with zero attached hydrogens (tertiary/aromatic N) is 1. The standard InChI is InChI=1S/C24H31FN2O2/c1-4-5-9-16-26-23(28)22(20-10-7-6-8-11-20)27(24(29)18(2)3)17-19-12-14-21(25)15-13-19/h6-8,10-15,18,22H,4-5,9,16-17H2,1-3H3,(H,26,28). The van der Waals surface area contributed by atoms with Crippen LogP contribution in [0, 0.1) is 11.7 Å². The fourth-order valence-corrected chi connectivity index (χ4v) is 3.21. The molecule has 0 aliphatic heterocycles. The molecule has 2 aromatic rings. The van der Waals surface area contributed by atoms with Crippen molar-refractivity contribution in [1.82, 2.24) is 10.2 Å². The molecule has 0 radical (unpaired) electrons. The van der Waals surface area contributed by atoms with Gasteiger partial charge in [0.05, 0.1) is 0 Å². The van der Waals surface area contributed by atoms with Crippen LogP contribution in [0.1, 0.15) is 57.2 Å². The summed E-state index contributed by atoms with van der Waals surface area (Å²) >= 11 is 0. The van der Waals surface area contributed by atoms with Crippen LogP contribution in [-0.2, 0) is 16.1 Å². The maximum Gasteiger partial charge on any atom is 0.247 e. The maximum absolute atomic E-state index is 13.3. The number of nitrogens with one attached hydrogen (secondary N) is 1. The van der Waals surface area contributed by atoms with Crippen LogP contribution in [0.3, 0.4) is 0 Å². The predicted molar refractivity (Wildman–Crippen MR) is 114 cm³/mol. The van der Waals surface area contributed by atoms with E-state index in [1.807, 2.05) is 44.2 Å². The van der Waals surface area contributed by atoms with Gasteiger partial charge in [0.25, 0.3) is 0 Å². The van der Waals surface area contributed by atoms with Gasteiger partial charge in [-0.15, -0.1) is 0 Å². The summed E-state index contributed by atoms with van der Waals surface area (Å²) in [5.41, 5.74) is 1.54. The first-order valence-electron chi connectivity index (χ1n) is 10.3. The molecule has 0 heterocycles. The Morgan fingerprint density at radius 3 is 2.24 bits per heavy atom. The molecule has 2 amide bonds. The monoisotopic (exact) mass is 398 g/mol. The number of unbranched alkanes of at least 4 members (excludes halogenated alkanes) is 2. The molecule has 0 bridgehead atoms. The number of rotatable bonds is 10. The van der Waals surface area contributed by atoms with Gasteiger partial charge < -0.3 is 10.2 Å². The second-order valence-electron chi connectivity index (χ2n) is 7.56. The molecule has 0 spiro atoms. The quantitative estimate of drug-likeness (QED) is 0.581. The second-order valence-corrected chi connectivity index (χ2v) is 7.56. The minimum Gasteiger partial charge on any atom is -0.354 e.